The van der Waals surface area contributed by atoms with E-state index in [0.29, 0.717) is 6.54 Å². The van der Waals surface area contributed by atoms with Gasteiger partial charge in [0.05, 0.1) is 25.9 Å². The molecule has 1 aromatic rings. The first-order valence-corrected chi connectivity index (χ1v) is 10.3. The van der Waals surface area contributed by atoms with Crippen molar-refractivity contribution in [1.82, 2.24) is 10.6 Å². The highest BCUT2D eigenvalue weighted by atomic mass is 16.5. The second-order valence-electron chi connectivity index (χ2n) is 7.18. The summed E-state index contributed by atoms with van der Waals surface area (Å²) in [6, 6.07) is 6.02. The zero-order valence-electron chi connectivity index (χ0n) is 16.6. The van der Waals surface area contributed by atoms with E-state index in [0.717, 1.165) is 68.4 Å². The lowest BCUT2D eigenvalue weighted by atomic mass is 10.1. The molecule has 27 heavy (non-hydrogen) atoms. The third-order valence-electron chi connectivity index (χ3n) is 5.14. The van der Waals surface area contributed by atoms with Crippen LogP contribution in [0.5, 0.6) is 11.5 Å². The molecule has 0 amide bonds. The van der Waals surface area contributed by atoms with E-state index in [1.165, 1.54) is 12.8 Å². The minimum absolute atomic E-state index is 0.284. The van der Waals surface area contributed by atoms with Crippen molar-refractivity contribution < 1.29 is 14.2 Å². The Kier molecular flexibility index (Phi) is 7.63. The molecule has 2 N–H and O–H groups in total. The molecule has 1 unspecified atom stereocenters. The van der Waals surface area contributed by atoms with Crippen LogP contribution in [-0.2, 0) is 11.3 Å². The van der Waals surface area contributed by atoms with E-state index in [1.54, 1.807) is 7.11 Å². The summed E-state index contributed by atoms with van der Waals surface area (Å²) in [5.41, 5.74) is 1.05. The van der Waals surface area contributed by atoms with Gasteiger partial charge in [-0.25, -0.2) is 4.99 Å². The fourth-order valence-electron chi connectivity index (χ4n) is 3.67. The monoisotopic (exact) mass is 375 g/mol. The molecular formula is C21H33N3O3. The van der Waals surface area contributed by atoms with E-state index in [4.69, 9.17) is 19.2 Å². The Morgan fingerprint density at radius 1 is 1.19 bits per heavy atom. The van der Waals surface area contributed by atoms with Gasteiger partial charge in [-0.05, 0) is 51.5 Å². The quantitative estimate of drug-likeness (QED) is 0.539. The van der Waals surface area contributed by atoms with E-state index in [-0.39, 0.29) is 12.2 Å². The van der Waals surface area contributed by atoms with Crippen LogP contribution in [0.4, 0.5) is 0 Å². The minimum atomic E-state index is 0.284. The highest BCUT2D eigenvalue weighted by Crippen LogP contribution is 2.35. The van der Waals surface area contributed by atoms with Crippen LogP contribution in [0.1, 0.15) is 51.0 Å². The number of hydrogen-bond donors (Lipinski definition) is 2. The molecule has 1 aliphatic carbocycles. The van der Waals surface area contributed by atoms with Crippen molar-refractivity contribution in [2.75, 3.05) is 26.8 Å². The molecule has 3 rings (SSSR count). The van der Waals surface area contributed by atoms with Crippen molar-refractivity contribution in [2.24, 2.45) is 4.99 Å². The molecule has 6 heteroatoms. The molecule has 2 fully saturated rings. The summed E-state index contributed by atoms with van der Waals surface area (Å²) in [7, 11) is 1.69. The van der Waals surface area contributed by atoms with Crippen LogP contribution in [-0.4, -0.2) is 45.0 Å². The van der Waals surface area contributed by atoms with Gasteiger partial charge >= 0.3 is 0 Å². The maximum Gasteiger partial charge on any atom is 0.191 e. The van der Waals surface area contributed by atoms with Gasteiger partial charge in [0.15, 0.2) is 17.5 Å². The van der Waals surface area contributed by atoms with Crippen molar-refractivity contribution in [3.8, 4) is 11.5 Å². The summed E-state index contributed by atoms with van der Waals surface area (Å²) in [6.07, 6.45) is 7.55. The van der Waals surface area contributed by atoms with Gasteiger partial charge in [0.25, 0.3) is 0 Å². The molecule has 6 nitrogen and oxygen atoms in total. The van der Waals surface area contributed by atoms with Crippen molar-refractivity contribution in [3.63, 3.8) is 0 Å². The molecular weight excluding hydrogens is 342 g/mol. The molecule has 1 aromatic carbocycles. The molecule has 2 aliphatic rings. The lowest BCUT2D eigenvalue weighted by molar-refractivity contribution is 0.114. The molecule has 0 aromatic heterocycles. The smallest absolute Gasteiger partial charge is 0.191 e. The Balaban J connectivity index is 1.68. The first-order chi connectivity index (χ1) is 13.3. The lowest BCUT2D eigenvalue weighted by Gasteiger charge is -2.19. The number of nitrogens with zero attached hydrogens (tertiary/aromatic N) is 1. The van der Waals surface area contributed by atoms with Gasteiger partial charge in [0.2, 0.25) is 0 Å². The topological polar surface area (TPSA) is 64.1 Å². The number of benzene rings is 1. The van der Waals surface area contributed by atoms with E-state index >= 15 is 0 Å². The molecule has 150 valence electrons. The summed E-state index contributed by atoms with van der Waals surface area (Å²) in [5.74, 6) is 2.43. The number of nitrogens with one attached hydrogen (secondary N) is 2. The third kappa shape index (κ3) is 5.76. The van der Waals surface area contributed by atoms with Gasteiger partial charge in [-0.2, -0.15) is 0 Å². The molecule has 1 saturated carbocycles. The average Bonchev–Trinajstić information content (AvgIpc) is 3.39. The Morgan fingerprint density at radius 3 is 2.74 bits per heavy atom. The Morgan fingerprint density at radius 2 is 2.04 bits per heavy atom. The molecule has 0 bridgehead atoms. The number of rotatable bonds is 8. The Labute approximate surface area is 162 Å². The zero-order valence-corrected chi connectivity index (χ0v) is 16.6. The number of hydrogen-bond acceptors (Lipinski definition) is 4. The molecule has 1 heterocycles. The summed E-state index contributed by atoms with van der Waals surface area (Å²) in [4.78, 5) is 4.76. The number of ether oxygens (including phenoxy) is 3. The molecule has 1 saturated heterocycles. The SMILES string of the molecule is CCNC(=NCc1cccc(OC)c1OC1CCCC1)NCC1CCCO1. The zero-order chi connectivity index (χ0) is 18.9. The van der Waals surface area contributed by atoms with Gasteiger partial charge in [-0.15, -0.1) is 0 Å². The predicted octanol–water partition coefficient (Wildman–Crippen LogP) is 3.25. The van der Waals surface area contributed by atoms with Gasteiger partial charge in [0.1, 0.15) is 0 Å². The number of methoxy groups -OCH3 is 1. The van der Waals surface area contributed by atoms with Crippen molar-refractivity contribution in [2.45, 2.75) is 64.2 Å². The maximum atomic E-state index is 6.31. The van der Waals surface area contributed by atoms with Crippen LogP contribution >= 0.6 is 0 Å². The van der Waals surface area contributed by atoms with Crippen LogP contribution in [0.25, 0.3) is 0 Å². The fourth-order valence-corrected chi connectivity index (χ4v) is 3.67. The van der Waals surface area contributed by atoms with E-state index in [1.807, 2.05) is 12.1 Å². The molecule has 0 spiro atoms. The maximum absolute atomic E-state index is 6.31. The van der Waals surface area contributed by atoms with Crippen LogP contribution in [0.3, 0.4) is 0 Å². The first-order valence-electron chi connectivity index (χ1n) is 10.3. The van der Waals surface area contributed by atoms with E-state index < -0.39 is 0 Å². The summed E-state index contributed by atoms with van der Waals surface area (Å²) < 4.78 is 17.5. The normalized spacial score (nSPS) is 20.7. The van der Waals surface area contributed by atoms with Crippen LogP contribution in [0.15, 0.2) is 23.2 Å². The van der Waals surface area contributed by atoms with Gasteiger partial charge in [-0.1, -0.05) is 12.1 Å². The number of guanidine groups is 1. The van der Waals surface area contributed by atoms with Crippen LogP contribution in [0, 0.1) is 0 Å². The molecule has 1 atom stereocenters. The fraction of sp³-hybridized carbons (Fsp3) is 0.667. The molecule has 0 radical (unpaired) electrons. The summed E-state index contributed by atoms with van der Waals surface area (Å²) in [5, 5.41) is 6.71. The van der Waals surface area contributed by atoms with Gasteiger partial charge in [0, 0.05) is 25.3 Å². The second-order valence-corrected chi connectivity index (χ2v) is 7.18. The summed E-state index contributed by atoms with van der Waals surface area (Å²) in [6.45, 7) is 5.09. The van der Waals surface area contributed by atoms with E-state index in [9.17, 15) is 0 Å². The third-order valence-corrected chi connectivity index (χ3v) is 5.14. The Bertz CT molecular complexity index is 609. The van der Waals surface area contributed by atoms with Crippen LogP contribution < -0.4 is 20.1 Å². The Hall–Kier alpha value is -1.95. The molecule has 1 aliphatic heterocycles. The number of para-hydroxylation sites is 1. The standard InChI is InChI=1S/C21H33N3O3/c1-3-22-21(24-15-18-11-7-13-26-18)23-14-16-8-6-12-19(25-2)20(16)27-17-9-4-5-10-17/h6,8,12,17-18H,3-5,7,9-11,13-15H2,1-2H3,(H2,22,23,24). The minimum Gasteiger partial charge on any atom is -0.493 e. The van der Waals surface area contributed by atoms with Gasteiger partial charge < -0.3 is 24.8 Å². The van der Waals surface area contributed by atoms with Crippen molar-refractivity contribution >= 4 is 5.96 Å². The summed E-state index contributed by atoms with van der Waals surface area (Å²) >= 11 is 0. The van der Waals surface area contributed by atoms with Crippen LogP contribution in [0.2, 0.25) is 0 Å². The van der Waals surface area contributed by atoms with Gasteiger partial charge in [-0.3, -0.25) is 0 Å². The first kappa shape index (κ1) is 19.8. The highest BCUT2D eigenvalue weighted by Gasteiger charge is 2.20. The largest absolute Gasteiger partial charge is 0.493 e. The number of aliphatic imine (C=N–C) groups is 1. The highest BCUT2D eigenvalue weighted by molar-refractivity contribution is 5.79. The average molecular weight is 376 g/mol. The van der Waals surface area contributed by atoms with E-state index in [2.05, 4.69) is 23.6 Å². The second kappa shape index (κ2) is 10.4. The lowest BCUT2D eigenvalue weighted by Crippen LogP contribution is -2.41. The van der Waals surface area contributed by atoms with Crippen molar-refractivity contribution in [1.29, 1.82) is 0 Å². The predicted molar refractivity (Wildman–Crippen MR) is 108 cm³/mol. The van der Waals surface area contributed by atoms with Crippen molar-refractivity contribution in [3.05, 3.63) is 23.8 Å².